The van der Waals surface area contributed by atoms with Gasteiger partial charge in [0.25, 0.3) is 0 Å². The van der Waals surface area contributed by atoms with Crippen LogP contribution in [-0.2, 0) is 4.74 Å². The van der Waals surface area contributed by atoms with Crippen LogP contribution in [0.4, 0.5) is 0 Å². The molecule has 0 aliphatic carbocycles. The van der Waals surface area contributed by atoms with Crippen molar-refractivity contribution < 1.29 is 44.5 Å². The van der Waals surface area contributed by atoms with E-state index in [2.05, 4.69) is 0 Å². The van der Waals surface area contributed by atoms with E-state index < -0.39 is 42.7 Å². The average molecular weight is 432 g/mol. The number of hydrogen-bond donors (Lipinski definition) is 6. The topological polar surface area (TPSA) is 170 Å². The normalized spacial score (nSPS) is 26.1. The minimum absolute atomic E-state index is 0.0184. The molecule has 1 fully saturated rings. The predicted octanol–water partition coefficient (Wildman–Crippen LogP) is 0.0499. The second-order valence-electron chi connectivity index (χ2n) is 7.15. The summed E-state index contributed by atoms with van der Waals surface area (Å²) in [5.41, 5.74) is -0.0318. The molecule has 0 bridgehead atoms. The first-order valence-electron chi connectivity index (χ1n) is 9.36. The molecule has 2 aromatic carbocycles. The first kappa shape index (κ1) is 21.1. The summed E-state index contributed by atoms with van der Waals surface area (Å²) in [5.74, 6) is -0.273. The first-order valence-corrected chi connectivity index (χ1v) is 9.36. The van der Waals surface area contributed by atoms with E-state index in [0.29, 0.717) is 5.56 Å². The molecule has 1 aromatic heterocycles. The zero-order valence-electron chi connectivity index (χ0n) is 16.0. The summed E-state index contributed by atoms with van der Waals surface area (Å²) in [6.07, 6.45) is -7.68. The van der Waals surface area contributed by atoms with Crippen molar-refractivity contribution in [2.45, 2.75) is 30.7 Å². The Bertz CT molecular complexity index is 1140. The Morgan fingerprint density at radius 3 is 2.29 bits per heavy atom. The van der Waals surface area contributed by atoms with Gasteiger partial charge in [0.15, 0.2) is 5.43 Å². The molecule has 2 heterocycles. The van der Waals surface area contributed by atoms with Gasteiger partial charge in [-0.1, -0.05) is 0 Å². The Morgan fingerprint density at radius 2 is 1.61 bits per heavy atom. The summed E-state index contributed by atoms with van der Waals surface area (Å²) in [4.78, 5) is 12.8. The van der Waals surface area contributed by atoms with E-state index in [9.17, 15) is 35.4 Å². The molecule has 6 N–H and O–H groups in total. The van der Waals surface area contributed by atoms with Gasteiger partial charge < -0.3 is 44.5 Å². The Hall–Kier alpha value is -3.15. The van der Waals surface area contributed by atoms with Gasteiger partial charge in [-0.15, -0.1) is 0 Å². The Balaban J connectivity index is 1.75. The second-order valence-corrected chi connectivity index (χ2v) is 7.15. The number of aliphatic hydroxyl groups is 4. The van der Waals surface area contributed by atoms with Gasteiger partial charge in [-0.3, -0.25) is 4.79 Å². The molecule has 164 valence electrons. The lowest BCUT2D eigenvalue weighted by molar-refractivity contribution is -0.277. The van der Waals surface area contributed by atoms with Gasteiger partial charge in [0.1, 0.15) is 58.4 Å². The maximum Gasteiger partial charge on any atom is 0.229 e. The van der Waals surface area contributed by atoms with Crippen LogP contribution in [0.15, 0.2) is 51.7 Å². The number of ether oxygens (including phenoxy) is 2. The minimum atomic E-state index is -1.70. The first-order chi connectivity index (χ1) is 14.8. The van der Waals surface area contributed by atoms with Crippen LogP contribution >= 0.6 is 0 Å². The standard InChI is InChI=1S/C21H20O10/c22-8-16-18(26)19(27)20(28)21(31-16)30-15-6-11(24)5-14-17(15)12(25)7-13(29-14)9-1-3-10(23)4-2-9/h1-7,16,18-24,26-28H,8H2/t16?,18-,19-,20?,21+/m0/s1. The van der Waals surface area contributed by atoms with Crippen LogP contribution in [0.2, 0.25) is 0 Å². The predicted molar refractivity (Wildman–Crippen MR) is 106 cm³/mol. The maximum atomic E-state index is 12.8. The molecule has 0 radical (unpaired) electrons. The number of benzene rings is 2. The van der Waals surface area contributed by atoms with Crippen molar-refractivity contribution in [3.63, 3.8) is 0 Å². The third-order valence-corrected chi connectivity index (χ3v) is 5.02. The summed E-state index contributed by atoms with van der Waals surface area (Å²) in [7, 11) is 0. The molecule has 10 heteroatoms. The van der Waals surface area contributed by atoms with E-state index in [1.54, 1.807) is 12.1 Å². The van der Waals surface area contributed by atoms with Gasteiger partial charge in [0, 0.05) is 23.8 Å². The van der Waals surface area contributed by atoms with Gasteiger partial charge in [-0.25, -0.2) is 0 Å². The molecular weight excluding hydrogens is 412 g/mol. The number of phenols is 2. The smallest absolute Gasteiger partial charge is 0.229 e. The van der Waals surface area contributed by atoms with Crippen LogP contribution < -0.4 is 10.2 Å². The molecule has 0 spiro atoms. The highest BCUT2D eigenvalue weighted by Gasteiger charge is 2.45. The highest BCUT2D eigenvalue weighted by atomic mass is 16.7. The zero-order valence-corrected chi connectivity index (χ0v) is 16.0. The Morgan fingerprint density at radius 1 is 0.903 bits per heavy atom. The monoisotopic (exact) mass is 432 g/mol. The largest absolute Gasteiger partial charge is 0.508 e. The fraction of sp³-hybridized carbons (Fsp3) is 0.286. The lowest BCUT2D eigenvalue weighted by Gasteiger charge is -2.39. The van der Waals surface area contributed by atoms with E-state index in [-0.39, 0.29) is 34.0 Å². The lowest BCUT2D eigenvalue weighted by Crippen LogP contribution is -2.60. The Labute approximate surface area is 174 Å². The molecule has 1 aliphatic heterocycles. The van der Waals surface area contributed by atoms with Gasteiger partial charge in [0.05, 0.1) is 6.61 Å². The molecule has 5 atom stereocenters. The van der Waals surface area contributed by atoms with Crippen LogP contribution in [-0.4, -0.2) is 68.0 Å². The third kappa shape index (κ3) is 3.94. The molecular formula is C21H20O10. The zero-order chi connectivity index (χ0) is 22.3. The molecule has 1 saturated heterocycles. The third-order valence-electron chi connectivity index (χ3n) is 5.02. The van der Waals surface area contributed by atoms with Crippen LogP contribution in [0.1, 0.15) is 0 Å². The fourth-order valence-corrected chi connectivity index (χ4v) is 3.39. The van der Waals surface area contributed by atoms with Crippen molar-refractivity contribution in [1.29, 1.82) is 0 Å². The van der Waals surface area contributed by atoms with Crippen molar-refractivity contribution in [2.75, 3.05) is 6.61 Å². The summed E-state index contributed by atoms with van der Waals surface area (Å²) in [6, 6.07) is 9.47. The average Bonchev–Trinajstić information content (AvgIpc) is 2.74. The number of aromatic hydroxyl groups is 2. The molecule has 3 aromatic rings. The molecule has 0 saturated carbocycles. The van der Waals surface area contributed by atoms with Crippen molar-refractivity contribution >= 4 is 11.0 Å². The van der Waals surface area contributed by atoms with E-state index in [1.807, 2.05) is 0 Å². The molecule has 0 amide bonds. The van der Waals surface area contributed by atoms with Crippen molar-refractivity contribution in [1.82, 2.24) is 0 Å². The van der Waals surface area contributed by atoms with E-state index in [0.717, 1.165) is 6.07 Å². The van der Waals surface area contributed by atoms with Crippen LogP contribution in [0.5, 0.6) is 17.2 Å². The summed E-state index contributed by atoms with van der Waals surface area (Å²) in [6.45, 7) is -0.649. The highest BCUT2D eigenvalue weighted by Crippen LogP contribution is 2.34. The van der Waals surface area contributed by atoms with Crippen LogP contribution in [0.3, 0.4) is 0 Å². The highest BCUT2D eigenvalue weighted by molar-refractivity contribution is 5.86. The summed E-state index contributed by atoms with van der Waals surface area (Å²) < 4.78 is 16.6. The van der Waals surface area contributed by atoms with Crippen LogP contribution in [0, 0.1) is 0 Å². The maximum absolute atomic E-state index is 12.8. The fourth-order valence-electron chi connectivity index (χ4n) is 3.39. The van der Waals surface area contributed by atoms with Crippen molar-refractivity contribution in [2.24, 2.45) is 0 Å². The number of phenolic OH excluding ortho intramolecular Hbond substituents is 2. The molecule has 31 heavy (non-hydrogen) atoms. The SMILES string of the molecule is O=c1cc(-c2ccc(O)cc2)oc2cc(O)cc(O[C@@H]3OC(CO)[C@H](O)[C@H](O)C3O)c12. The van der Waals surface area contributed by atoms with Crippen molar-refractivity contribution in [3.8, 4) is 28.6 Å². The van der Waals surface area contributed by atoms with Gasteiger partial charge in [-0.05, 0) is 24.3 Å². The van der Waals surface area contributed by atoms with Crippen molar-refractivity contribution in [3.05, 3.63) is 52.7 Å². The molecule has 4 rings (SSSR count). The number of rotatable bonds is 4. The molecule has 1 aliphatic rings. The lowest BCUT2D eigenvalue weighted by atomic mass is 9.99. The van der Waals surface area contributed by atoms with E-state index >= 15 is 0 Å². The van der Waals surface area contributed by atoms with Gasteiger partial charge in [-0.2, -0.15) is 0 Å². The van der Waals surface area contributed by atoms with Gasteiger partial charge >= 0.3 is 0 Å². The number of hydrogen-bond acceptors (Lipinski definition) is 10. The summed E-state index contributed by atoms with van der Waals surface area (Å²) >= 11 is 0. The number of aliphatic hydroxyl groups excluding tert-OH is 4. The summed E-state index contributed by atoms with van der Waals surface area (Å²) in [5, 5.41) is 58.8. The van der Waals surface area contributed by atoms with E-state index in [4.69, 9.17) is 13.9 Å². The molecule has 10 nitrogen and oxygen atoms in total. The Kier molecular flexibility index (Phi) is 5.56. The number of fused-ring (bicyclic) bond motifs is 1. The minimum Gasteiger partial charge on any atom is -0.508 e. The van der Waals surface area contributed by atoms with E-state index in [1.165, 1.54) is 24.3 Å². The molecule has 2 unspecified atom stereocenters. The second kappa shape index (κ2) is 8.17. The van der Waals surface area contributed by atoms with Crippen LogP contribution in [0.25, 0.3) is 22.3 Å². The quantitative estimate of drug-likeness (QED) is 0.331. The van der Waals surface area contributed by atoms with Gasteiger partial charge in [0.2, 0.25) is 6.29 Å².